The average molecular weight is 634 g/mol. The fraction of sp³-hybridized carbons (Fsp3) is 0.459. The van der Waals surface area contributed by atoms with Crippen molar-refractivity contribution in [2.24, 2.45) is 5.92 Å². The Balaban J connectivity index is 1.50. The molecule has 1 amide bonds. The predicted octanol–water partition coefficient (Wildman–Crippen LogP) is 7.68. The minimum atomic E-state index is -1.03. The van der Waals surface area contributed by atoms with E-state index >= 15 is 0 Å². The molecule has 0 saturated heterocycles. The van der Waals surface area contributed by atoms with Crippen LogP contribution in [-0.2, 0) is 27.5 Å². The maximum Gasteiger partial charge on any atom is 0.326 e. The van der Waals surface area contributed by atoms with Gasteiger partial charge in [0.05, 0.1) is 33.0 Å². The number of benzene rings is 3. The molecule has 1 aliphatic rings. The van der Waals surface area contributed by atoms with E-state index in [2.05, 4.69) is 5.32 Å². The van der Waals surface area contributed by atoms with Crippen LogP contribution in [0.15, 0.2) is 66.7 Å². The molecule has 1 aliphatic carbocycles. The van der Waals surface area contributed by atoms with Gasteiger partial charge in [0.15, 0.2) is 0 Å². The molecular formula is C37H47NO6S. The van der Waals surface area contributed by atoms with Crippen molar-refractivity contribution in [1.82, 2.24) is 5.32 Å². The number of hydrogen-bond donors (Lipinski definition) is 2. The number of carboxylic acid groups (broad SMARTS) is 1. The first-order valence-electron chi connectivity index (χ1n) is 15.9. The van der Waals surface area contributed by atoms with Crippen LogP contribution in [0.25, 0.3) is 11.1 Å². The van der Waals surface area contributed by atoms with Crippen molar-refractivity contribution in [3.05, 3.63) is 89.0 Å². The number of nitrogens with one attached hydrogen (secondary N) is 1. The van der Waals surface area contributed by atoms with Crippen LogP contribution in [0.3, 0.4) is 0 Å². The molecule has 4 rings (SSSR count). The molecule has 242 valence electrons. The summed E-state index contributed by atoms with van der Waals surface area (Å²) in [5.74, 6) is 0.678. The molecule has 1 unspecified atom stereocenters. The summed E-state index contributed by atoms with van der Waals surface area (Å²) < 4.78 is 18.0. The lowest BCUT2D eigenvalue weighted by Crippen LogP contribution is -2.41. The highest BCUT2D eigenvalue weighted by atomic mass is 32.2. The quantitative estimate of drug-likeness (QED) is 0.158. The lowest BCUT2D eigenvalue weighted by atomic mass is 9.85. The van der Waals surface area contributed by atoms with Gasteiger partial charge in [0.25, 0.3) is 5.91 Å². The number of methoxy groups -OCH3 is 1. The van der Waals surface area contributed by atoms with Gasteiger partial charge in [-0.1, -0.05) is 74.6 Å². The maximum atomic E-state index is 13.5. The molecular weight excluding hydrogens is 586 g/mol. The summed E-state index contributed by atoms with van der Waals surface area (Å²) in [6.07, 6.45) is 9.50. The van der Waals surface area contributed by atoms with Crippen LogP contribution in [0.5, 0.6) is 5.75 Å². The molecule has 0 heterocycles. The summed E-state index contributed by atoms with van der Waals surface area (Å²) in [7, 11) is 1.66. The Bertz CT molecular complexity index is 1370. The van der Waals surface area contributed by atoms with Crippen LogP contribution in [0.4, 0.5) is 0 Å². The van der Waals surface area contributed by atoms with Gasteiger partial charge in [-0.3, -0.25) is 4.79 Å². The van der Waals surface area contributed by atoms with Crippen LogP contribution in [0.2, 0.25) is 0 Å². The van der Waals surface area contributed by atoms with Crippen LogP contribution in [-0.4, -0.2) is 54.9 Å². The highest BCUT2D eigenvalue weighted by Gasteiger charge is 2.24. The van der Waals surface area contributed by atoms with Crippen LogP contribution in [0, 0.1) is 12.8 Å². The Morgan fingerprint density at radius 2 is 1.69 bits per heavy atom. The zero-order valence-corrected chi connectivity index (χ0v) is 27.6. The lowest BCUT2D eigenvalue weighted by molar-refractivity contribution is -0.139. The summed E-state index contributed by atoms with van der Waals surface area (Å²) in [6.45, 7) is 3.40. The summed E-state index contributed by atoms with van der Waals surface area (Å²) in [4.78, 5) is 25.3. The second kappa shape index (κ2) is 18.0. The first-order chi connectivity index (χ1) is 21.9. The molecule has 0 aliphatic heterocycles. The summed E-state index contributed by atoms with van der Waals surface area (Å²) in [5.41, 5.74) is 5.21. The van der Waals surface area contributed by atoms with Gasteiger partial charge in [-0.2, -0.15) is 11.8 Å². The van der Waals surface area contributed by atoms with Crippen LogP contribution >= 0.6 is 11.8 Å². The standard InChI is InChI=1S/C37H47NO6S/c1-26-9-7-8-12-32(26)34-22-29(15-18-33(34)36(39)38-35(37(40)41)19-20-45-3)24-44-31(21-27-10-5-4-6-11-27)25-43-23-28-13-16-30(42-2)17-14-28/h7-9,12-18,22,27,31,35H,4-6,10-11,19-21,23-25H2,1-3H3,(H,38,39)(H,40,41)/t31?,35-/m0/s1. The number of carbonyl (C=O) groups excluding carboxylic acids is 1. The summed E-state index contributed by atoms with van der Waals surface area (Å²) in [5, 5.41) is 12.5. The molecule has 0 bridgehead atoms. The number of rotatable bonds is 17. The van der Waals surface area contributed by atoms with Crippen molar-refractivity contribution in [3.8, 4) is 16.9 Å². The minimum Gasteiger partial charge on any atom is -0.497 e. The zero-order chi connectivity index (χ0) is 32.0. The van der Waals surface area contributed by atoms with Gasteiger partial charge in [0.1, 0.15) is 11.8 Å². The molecule has 2 atom stereocenters. The van der Waals surface area contributed by atoms with Gasteiger partial charge in [0, 0.05) is 5.56 Å². The molecule has 1 saturated carbocycles. The van der Waals surface area contributed by atoms with E-state index < -0.39 is 17.9 Å². The largest absolute Gasteiger partial charge is 0.497 e. The van der Waals surface area contributed by atoms with E-state index in [1.165, 1.54) is 32.1 Å². The molecule has 2 N–H and O–H groups in total. The van der Waals surface area contributed by atoms with E-state index in [0.29, 0.717) is 43.5 Å². The summed E-state index contributed by atoms with van der Waals surface area (Å²) >= 11 is 1.56. The SMILES string of the molecule is COc1ccc(COCC(CC2CCCCC2)OCc2ccc(C(=O)N[C@@H](CCSC)C(=O)O)c(-c3ccccc3C)c2)cc1. The van der Waals surface area contributed by atoms with Crippen molar-refractivity contribution in [3.63, 3.8) is 0 Å². The number of ether oxygens (including phenoxy) is 3. The normalized spacial score (nSPS) is 14.9. The third kappa shape index (κ3) is 10.6. The third-order valence-corrected chi connectivity index (χ3v) is 9.16. The highest BCUT2D eigenvalue weighted by Crippen LogP contribution is 2.31. The minimum absolute atomic E-state index is 0.0519. The van der Waals surface area contributed by atoms with Gasteiger partial charge in [0.2, 0.25) is 0 Å². The molecule has 8 heteroatoms. The second-order valence-corrected chi connectivity index (χ2v) is 12.9. The van der Waals surface area contributed by atoms with Crippen molar-refractivity contribution < 1.29 is 28.9 Å². The van der Waals surface area contributed by atoms with E-state index in [0.717, 1.165) is 40.0 Å². The predicted molar refractivity (Wildman–Crippen MR) is 181 cm³/mol. The Morgan fingerprint density at radius 3 is 2.38 bits per heavy atom. The third-order valence-electron chi connectivity index (χ3n) is 8.52. The Hall–Kier alpha value is -3.33. The van der Waals surface area contributed by atoms with E-state index in [9.17, 15) is 14.7 Å². The van der Waals surface area contributed by atoms with Gasteiger partial charge in [-0.15, -0.1) is 0 Å². The molecule has 45 heavy (non-hydrogen) atoms. The van der Waals surface area contributed by atoms with E-state index in [1.54, 1.807) is 24.9 Å². The Kier molecular flexibility index (Phi) is 13.8. The highest BCUT2D eigenvalue weighted by molar-refractivity contribution is 7.98. The molecule has 1 fully saturated rings. The van der Waals surface area contributed by atoms with E-state index in [1.807, 2.05) is 73.8 Å². The molecule has 0 radical (unpaired) electrons. The molecule has 0 spiro atoms. The molecule has 3 aromatic carbocycles. The Morgan fingerprint density at radius 1 is 0.956 bits per heavy atom. The fourth-order valence-corrected chi connectivity index (χ4v) is 6.40. The summed E-state index contributed by atoms with van der Waals surface area (Å²) in [6, 6.07) is 20.6. The molecule has 7 nitrogen and oxygen atoms in total. The van der Waals surface area contributed by atoms with Gasteiger partial charge >= 0.3 is 5.97 Å². The van der Waals surface area contributed by atoms with Gasteiger partial charge < -0.3 is 24.6 Å². The number of amides is 1. The number of aryl methyl sites for hydroxylation is 1. The molecule has 0 aromatic heterocycles. The van der Waals surface area contributed by atoms with Gasteiger partial charge in [-0.05, 0) is 89.8 Å². The van der Waals surface area contributed by atoms with Crippen molar-refractivity contribution in [1.29, 1.82) is 0 Å². The number of thioether (sulfide) groups is 1. The van der Waals surface area contributed by atoms with Crippen LogP contribution < -0.4 is 10.1 Å². The zero-order valence-electron chi connectivity index (χ0n) is 26.8. The number of carbonyl (C=O) groups is 2. The first kappa shape index (κ1) is 34.5. The van der Waals surface area contributed by atoms with Crippen molar-refractivity contribution in [2.75, 3.05) is 25.7 Å². The second-order valence-electron chi connectivity index (χ2n) is 11.9. The van der Waals surface area contributed by atoms with Crippen molar-refractivity contribution in [2.45, 2.75) is 77.2 Å². The van der Waals surface area contributed by atoms with Gasteiger partial charge in [-0.25, -0.2) is 4.79 Å². The lowest BCUT2D eigenvalue weighted by Gasteiger charge is -2.27. The van der Waals surface area contributed by atoms with Crippen molar-refractivity contribution >= 4 is 23.6 Å². The number of carboxylic acids is 1. The topological polar surface area (TPSA) is 94.1 Å². The number of hydrogen-bond acceptors (Lipinski definition) is 6. The number of aliphatic carboxylic acids is 1. The van der Waals surface area contributed by atoms with Crippen LogP contribution in [0.1, 0.15) is 72.0 Å². The first-order valence-corrected chi connectivity index (χ1v) is 17.3. The molecule has 3 aromatic rings. The smallest absolute Gasteiger partial charge is 0.326 e. The maximum absolute atomic E-state index is 13.5. The fourth-order valence-electron chi connectivity index (χ4n) is 5.93. The van der Waals surface area contributed by atoms with E-state index in [4.69, 9.17) is 14.2 Å². The average Bonchev–Trinajstić information content (AvgIpc) is 3.06. The van der Waals surface area contributed by atoms with E-state index in [-0.39, 0.29) is 6.10 Å². The monoisotopic (exact) mass is 633 g/mol. The Labute approximate surface area is 272 Å².